The van der Waals surface area contributed by atoms with Gasteiger partial charge in [0, 0.05) is 79.3 Å². The van der Waals surface area contributed by atoms with Gasteiger partial charge in [0.2, 0.25) is 5.88 Å². The van der Waals surface area contributed by atoms with Gasteiger partial charge in [-0.25, -0.2) is 19.9 Å². The number of aromatic nitrogens is 8. The lowest BCUT2D eigenvalue weighted by atomic mass is 9.87. The summed E-state index contributed by atoms with van der Waals surface area (Å²) in [6.45, 7) is 6.74. The van der Waals surface area contributed by atoms with E-state index in [1.54, 1.807) is 10.9 Å². The van der Waals surface area contributed by atoms with Gasteiger partial charge in [0.1, 0.15) is 17.7 Å². The van der Waals surface area contributed by atoms with Crippen molar-refractivity contribution in [3.05, 3.63) is 78.0 Å². The summed E-state index contributed by atoms with van der Waals surface area (Å²) < 4.78 is 7.87. The van der Waals surface area contributed by atoms with Crippen LogP contribution in [0.3, 0.4) is 0 Å². The molecule has 0 amide bonds. The van der Waals surface area contributed by atoms with E-state index in [0.717, 1.165) is 72.8 Å². The minimum Gasteiger partial charge on any atom is -0.474 e. The summed E-state index contributed by atoms with van der Waals surface area (Å²) in [6, 6.07) is 15.1. The standard InChI is InChI=1S/C32H35N11O/c1-20-12-27(37-28-13-21(2)39-40-28)38-32(36-20)23-7-9-29(34-16-23)41-18-24-14-25(19-41)42(24)17-22-6-8-30(33-15-22)43-31(10-11-35-43)44-26-4-3-5-26/h6-13,15-16,24-26H,3-5,14,17-19H2,1-2H3,(H2,36,37,38,39,40). The summed E-state index contributed by atoms with van der Waals surface area (Å²) in [4.78, 5) is 23.9. The van der Waals surface area contributed by atoms with Crippen molar-refractivity contribution in [2.45, 2.75) is 64.3 Å². The molecule has 4 fully saturated rings. The number of rotatable bonds is 9. The molecular formula is C32H35N11O. The Balaban J connectivity index is 0.891. The number of aryl methyl sites for hydroxylation is 2. The Bertz CT molecular complexity index is 1750. The molecule has 2 bridgehead atoms. The molecule has 4 aliphatic rings. The molecule has 12 nitrogen and oxygen atoms in total. The van der Waals surface area contributed by atoms with E-state index < -0.39 is 0 Å². The van der Waals surface area contributed by atoms with Gasteiger partial charge in [-0.1, -0.05) is 6.07 Å². The van der Waals surface area contributed by atoms with Crippen molar-refractivity contribution < 1.29 is 4.74 Å². The van der Waals surface area contributed by atoms with Gasteiger partial charge >= 0.3 is 0 Å². The molecule has 0 radical (unpaired) electrons. The quantitative estimate of drug-likeness (QED) is 0.252. The molecule has 3 aliphatic heterocycles. The molecule has 5 aromatic rings. The van der Waals surface area contributed by atoms with Crippen molar-refractivity contribution in [3.63, 3.8) is 0 Å². The maximum Gasteiger partial charge on any atom is 0.218 e. The van der Waals surface area contributed by atoms with Gasteiger partial charge in [-0.2, -0.15) is 14.9 Å². The molecule has 44 heavy (non-hydrogen) atoms. The topological polar surface area (TPSA) is 126 Å². The predicted octanol–water partition coefficient (Wildman–Crippen LogP) is 4.60. The first-order valence-electron chi connectivity index (χ1n) is 15.3. The van der Waals surface area contributed by atoms with E-state index in [9.17, 15) is 0 Å². The zero-order chi connectivity index (χ0) is 29.6. The maximum absolute atomic E-state index is 6.08. The third kappa shape index (κ3) is 5.25. The molecule has 0 aromatic carbocycles. The number of ether oxygens (including phenoxy) is 1. The van der Waals surface area contributed by atoms with E-state index in [2.05, 4.69) is 53.6 Å². The summed E-state index contributed by atoms with van der Waals surface area (Å²) in [7, 11) is 0. The average Bonchev–Trinajstić information content (AvgIpc) is 3.66. The molecule has 224 valence electrons. The van der Waals surface area contributed by atoms with E-state index in [4.69, 9.17) is 19.7 Å². The third-order valence-electron chi connectivity index (χ3n) is 8.83. The number of anilines is 3. The third-order valence-corrected chi connectivity index (χ3v) is 8.83. The first-order chi connectivity index (χ1) is 21.5. The van der Waals surface area contributed by atoms with Crippen LogP contribution in [0.15, 0.2) is 61.1 Å². The Kier molecular flexibility index (Phi) is 6.70. The number of aromatic amines is 1. The molecule has 2 N–H and O–H groups in total. The highest BCUT2D eigenvalue weighted by atomic mass is 16.5. The lowest BCUT2D eigenvalue weighted by Crippen LogP contribution is -2.68. The molecule has 9 rings (SSSR count). The van der Waals surface area contributed by atoms with Gasteiger partial charge in [0.05, 0.1) is 6.20 Å². The molecule has 2 atom stereocenters. The zero-order valence-electron chi connectivity index (χ0n) is 24.9. The van der Waals surface area contributed by atoms with Crippen molar-refractivity contribution in [1.29, 1.82) is 0 Å². The molecule has 1 saturated carbocycles. The van der Waals surface area contributed by atoms with Crippen molar-refractivity contribution in [3.8, 4) is 23.1 Å². The van der Waals surface area contributed by atoms with Crippen LogP contribution in [0, 0.1) is 13.8 Å². The Labute approximate surface area is 255 Å². The zero-order valence-corrected chi connectivity index (χ0v) is 24.9. The highest BCUT2D eigenvalue weighted by Crippen LogP contribution is 2.36. The highest BCUT2D eigenvalue weighted by molar-refractivity contribution is 5.61. The van der Waals surface area contributed by atoms with Crippen LogP contribution in [0.4, 0.5) is 17.5 Å². The summed E-state index contributed by atoms with van der Waals surface area (Å²) in [5, 5.41) is 14.9. The fourth-order valence-electron chi connectivity index (χ4n) is 6.27. The van der Waals surface area contributed by atoms with Crippen LogP contribution in [0.5, 0.6) is 5.88 Å². The minimum absolute atomic E-state index is 0.305. The molecule has 8 heterocycles. The van der Waals surface area contributed by atoms with Crippen molar-refractivity contribution >= 4 is 17.5 Å². The second kappa shape index (κ2) is 11.0. The Morgan fingerprint density at radius 1 is 0.932 bits per heavy atom. The fraction of sp³-hybridized carbons (Fsp3) is 0.375. The van der Waals surface area contributed by atoms with Crippen molar-refractivity contribution in [2.24, 2.45) is 0 Å². The van der Waals surface area contributed by atoms with Crippen LogP contribution in [0.2, 0.25) is 0 Å². The van der Waals surface area contributed by atoms with Gasteiger partial charge < -0.3 is 15.0 Å². The van der Waals surface area contributed by atoms with Gasteiger partial charge in [0.25, 0.3) is 0 Å². The highest BCUT2D eigenvalue weighted by Gasteiger charge is 2.44. The maximum atomic E-state index is 6.08. The smallest absolute Gasteiger partial charge is 0.218 e. The molecule has 12 heteroatoms. The second-order valence-electron chi connectivity index (χ2n) is 12.1. The number of nitrogens with zero attached hydrogens (tertiary/aromatic N) is 9. The van der Waals surface area contributed by atoms with E-state index in [-0.39, 0.29) is 0 Å². The van der Waals surface area contributed by atoms with E-state index >= 15 is 0 Å². The van der Waals surface area contributed by atoms with Crippen molar-refractivity contribution in [1.82, 2.24) is 44.8 Å². The normalized spacial score (nSPS) is 19.8. The monoisotopic (exact) mass is 589 g/mol. The largest absolute Gasteiger partial charge is 0.474 e. The van der Waals surface area contributed by atoms with Crippen LogP contribution < -0.4 is 15.0 Å². The van der Waals surface area contributed by atoms with Gasteiger partial charge in [-0.15, -0.1) is 0 Å². The van der Waals surface area contributed by atoms with Crippen LogP contribution in [-0.2, 0) is 6.54 Å². The SMILES string of the molecule is Cc1cc(Nc2cc(C)[nH]n2)nc(-c2ccc(N3CC4CC(C3)N4Cc3ccc(-n4nccc4OC4CCC4)nc3)nc2)n1. The second-order valence-corrected chi connectivity index (χ2v) is 12.1. The van der Waals surface area contributed by atoms with Gasteiger partial charge in [-0.05, 0) is 63.3 Å². The van der Waals surface area contributed by atoms with Crippen LogP contribution in [0.1, 0.15) is 42.6 Å². The first-order valence-corrected chi connectivity index (χ1v) is 15.3. The average molecular weight is 590 g/mol. The summed E-state index contributed by atoms with van der Waals surface area (Å²) in [5.41, 5.74) is 3.95. The molecule has 3 saturated heterocycles. The first kappa shape index (κ1) is 26.8. The van der Waals surface area contributed by atoms with E-state index in [1.165, 1.54) is 18.4 Å². The van der Waals surface area contributed by atoms with Crippen LogP contribution in [-0.4, -0.2) is 76.1 Å². The number of piperidine rings is 1. The molecule has 2 unspecified atom stereocenters. The molecular weight excluding hydrogens is 554 g/mol. The predicted molar refractivity (Wildman–Crippen MR) is 166 cm³/mol. The van der Waals surface area contributed by atoms with Crippen LogP contribution >= 0.6 is 0 Å². The number of hydrogen-bond donors (Lipinski definition) is 2. The summed E-state index contributed by atoms with van der Waals surface area (Å²) in [6.07, 6.45) is 10.6. The van der Waals surface area contributed by atoms with Gasteiger partial charge in [0.15, 0.2) is 17.5 Å². The number of fused-ring (bicyclic) bond motifs is 2. The Morgan fingerprint density at radius 2 is 1.77 bits per heavy atom. The number of hydrogen-bond acceptors (Lipinski definition) is 10. The number of piperazine rings is 1. The molecule has 0 spiro atoms. The minimum atomic E-state index is 0.305. The van der Waals surface area contributed by atoms with Crippen molar-refractivity contribution in [2.75, 3.05) is 23.3 Å². The van der Waals surface area contributed by atoms with Crippen LogP contribution in [0.25, 0.3) is 17.2 Å². The summed E-state index contributed by atoms with van der Waals surface area (Å²) >= 11 is 0. The number of H-pyrrole nitrogens is 1. The molecule has 5 aromatic heterocycles. The van der Waals surface area contributed by atoms with E-state index in [0.29, 0.717) is 29.8 Å². The van der Waals surface area contributed by atoms with Gasteiger partial charge in [-0.3, -0.25) is 10.00 Å². The summed E-state index contributed by atoms with van der Waals surface area (Å²) in [5.74, 6) is 4.61. The Morgan fingerprint density at radius 3 is 2.48 bits per heavy atom. The lowest BCUT2D eigenvalue weighted by molar-refractivity contribution is -0.00875. The van der Waals surface area contributed by atoms with E-state index in [1.807, 2.05) is 50.5 Å². The lowest BCUT2D eigenvalue weighted by Gasteiger charge is -2.56. The fourth-order valence-corrected chi connectivity index (χ4v) is 6.27. The number of pyridine rings is 2. The Hall–Kier alpha value is -4.84. The number of nitrogens with one attached hydrogen (secondary N) is 2. The molecule has 1 aliphatic carbocycles.